The number of para-hydroxylation sites is 1. The summed E-state index contributed by atoms with van der Waals surface area (Å²) in [6.45, 7) is 4.63. The van der Waals surface area contributed by atoms with Gasteiger partial charge in [-0.15, -0.1) is 0 Å². The molecule has 1 aromatic carbocycles. The van der Waals surface area contributed by atoms with Gasteiger partial charge in [-0.25, -0.2) is 9.98 Å². The van der Waals surface area contributed by atoms with Crippen LogP contribution in [0.1, 0.15) is 37.1 Å². The van der Waals surface area contributed by atoms with Crippen molar-refractivity contribution < 1.29 is 0 Å². The lowest BCUT2D eigenvalue weighted by Gasteiger charge is -2.20. The standard InChI is InChI=1S/C16H23N5/c1-12-7-6-8-13-15(12)20-14(19-13)11-18-16(17)21-9-4-2-3-5-10-21/h6-8H,2-5,9-11H2,1H3,(H2,17,18)(H,19,20). The highest BCUT2D eigenvalue weighted by Crippen LogP contribution is 2.16. The maximum absolute atomic E-state index is 6.12. The van der Waals surface area contributed by atoms with E-state index >= 15 is 0 Å². The molecule has 0 unspecified atom stereocenters. The van der Waals surface area contributed by atoms with Crippen molar-refractivity contribution >= 4 is 17.0 Å². The van der Waals surface area contributed by atoms with Crippen LogP contribution in [0.4, 0.5) is 0 Å². The number of H-pyrrole nitrogens is 1. The maximum atomic E-state index is 6.12. The number of rotatable bonds is 2. The number of nitrogens with one attached hydrogen (secondary N) is 1. The van der Waals surface area contributed by atoms with Gasteiger partial charge in [0.25, 0.3) is 0 Å². The van der Waals surface area contributed by atoms with Gasteiger partial charge < -0.3 is 15.6 Å². The Kier molecular flexibility index (Phi) is 4.08. The molecule has 1 saturated heterocycles. The first-order valence-electron chi connectivity index (χ1n) is 7.73. The summed E-state index contributed by atoms with van der Waals surface area (Å²) in [4.78, 5) is 14.6. The first kappa shape index (κ1) is 13.9. The number of imidazole rings is 1. The second-order valence-corrected chi connectivity index (χ2v) is 5.73. The first-order chi connectivity index (χ1) is 10.2. The highest BCUT2D eigenvalue weighted by atomic mass is 15.2. The van der Waals surface area contributed by atoms with Gasteiger partial charge in [0.1, 0.15) is 12.4 Å². The van der Waals surface area contributed by atoms with Crippen LogP contribution in [0, 0.1) is 6.92 Å². The summed E-state index contributed by atoms with van der Waals surface area (Å²) in [5, 5.41) is 0. The van der Waals surface area contributed by atoms with Crippen molar-refractivity contribution in [3.63, 3.8) is 0 Å². The number of aromatic amines is 1. The quantitative estimate of drug-likeness (QED) is 0.658. The highest BCUT2D eigenvalue weighted by molar-refractivity contribution is 5.79. The van der Waals surface area contributed by atoms with Crippen LogP contribution in [0.2, 0.25) is 0 Å². The van der Waals surface area contributed by atoms with Gasteiger partial charge in [-0.3, -0.25) is 0 Å². The fourth-order valence-electron chi connectivity index (χ4n) is 2.86. The zero-order valence-electron chi connectivity index (χ0n) is 12.6. The summed E-state index contributed by atoms with van der Waals surface area (Å²) in [7, 11) is 0. The van der Waals surface area contributed by atoms with Crippen LogP contribution < -0.4 is 5.73 Å². The minimum atomic E-state index is 0.510. The van der Waals surface area contributed by atoms with Crippen LogP contribution in [0.15, 0.2) is 23.2 Å². The van der Waals surface area contributed by atoms with E-state index in [1.807, 2.05) is 12.1 Å². The van der Waals surface area contributed by atoms with E-state index < -0.39 is 0 Å². The van der Waals surface area contributed by atoms with Crippen molar-refractivity contribution in [1.29, 1.82) is 0 Å². The van der Waals surface area contributed by atoms with Crippen LogP contribution >= 0.6 is 0 Å². The summed E-state index contributed by atoms with van der Waals surface area (Å²) >= 11 is 0. The molecule has 0 bridgehead atoms. The van der Waals surface area contributed by atoms with Crippen molar-refractivity contribution in [2.75, 3.05) is 13.1 Å². The topological polar surface area (TPSA) is 70.3 Å². The average Bonchev–Trinajstić information content (AvgIpc) is 2.71. The molecule has 0 spiro atoms. The van der Waals surface area contributed by atoms with E-state index in [0.29, 0.717) is 12.5 Å². The molecule has 3 rings (SSSR count). The lowest BCUT2D eigenvalue weighted by Crippen LogP contribution is -2.38. The highest BCUT2D eigenvalue weighted by Gasteiger charge is 2.11. The average molecular weight is 285 g/mol. The minimum absolute atomic E-state index is 0.510. The monoisotopic (exact) mass is 285 g/mol. The largest absolute Gasteiger partial charge is 0.370 e. The molecule has 5 nitrogen and oxygen atoms in total. The minimum Gasteiger partial charge on any atom is -0.370 e. The number of nitrogens with zero attached hydrogens (tertiary/aromatic N) is 3. The van der Waals surface area contributed by atoms with Crippen LogP contribution in [0.25, 0.3) is 11.0 Å². The predicted molar refractivity (Wildman–Crippen MR) is 86.2 cm³/mol. The Balaban J connectivity index is 1.72. The zero-order chi connectivity index (χ0) is 14.7. The molecular weight excluding hydrogens is 262 g/mol. The van der Waals surface area contributed by atoms with E-state index in [9.17, 15) is 0 Å². The summed E-state index contributed by atoms with van der Waals surface area (Å²) in [5.74, 6) is 1.52. The molecule has 0 aliphatic carbocycles. The zero-order valence-corrected chi connectivity index (χ0v) is 12.6. The number of aromatic nitrogens is 2. The molecule has 2 heterocycles. The van der Waals surface area contributed by atoms with Gasteiger partial charge in [-0.1, -0.05) is 25.0 Å². The number of fused-ring (bicyclic) bond motifs is 1. The lowest BCUT2D eigenvalue weighted by molar-refractivity contribution is 0.428. The lowest BCUT2D eigenvalue weighted by atomic mass is 10.2. The van der Waals surface area contributed by atoms with E-state index in [4.69, 9.17) is 5.73 Å². The van der Waals surface area contributed by atoms with E-state index in [1.165, 1.54) is 31.2 Å². The summed E-state index contributed by atoms with van der Waals surface area (Å²) < 4.78 is 0. The molecule has 1 aliphatic heterocycles. The smallest absolute Gasteiger partial charge is 0.191 e. The van der Waals surface area contributed by atoms with Crippen LogP contribution in [0.5, 0.6) is 0 Å². The first-order valence-corrected chi connectivity index (χ1v) is 7.73. The fraction of sp³-hybridized carbons (Fsp3) is 0.500. The van der Waals surface area contributed by atoms with Crippen LogP contribution in [-0.4, -0.2) is 33.9 Å². The third-order valence-electron chi connectivity index (χ3n) is 4.08. The van der Waals surface area contributed by atoms with Crippen molar-refractivity contribution in [2.45, 2.75) is 39.2 Å². The second-order valence-electron chi connectivity index (χ2n) is 5.73. The van der Waals surface area contributed by atoms with Crippen molar-refractivity contribution in [3.8, 4) is 0 Å². The van der Waals surface area contributed by atoms with Gasteiger partial charge in [0.15, 0.2) is 5.96 Å². The van der Waals surface area contributed by atoms with Gasteiger partial charge >= 0.3 is 0 Å². The molecule has 1 aromatic heterocycles. The molecule has 0 atom stereocenters. The molecule has 1 aliphatic rings. The van der Waals surface area contributed by atoms with Gasteiger partial charge in [-0.05, 0) is 31.4 Å². The fourth-order valence-corrected chi connectivity index (χ4v) is 2.86. The predicted octanol–water partition coefficient (Wildman–Crippen LogP) is 2.56. The molecule has 112 valence electrons. The molecule has 0 radical (unpaired) electrons. The Bertz CT molecular complexity index is 635. The molecule has 5 heteroatoms. The molecule has 1 fully saturated rings. The Labute approximate surface area is 125 Å². The van der Waals surface area contributed by atoms with E-state index in [0.717, 1.165) is 29.9 Å². The van der Waals surface area contributed by atoms with Crippen molar-refractivity contribution in [3.05, 3.63) is 29.6 Å². The van der Waals surface area contributed by atoms with Gasteiger partial charge in [0, 0.05) is 13.1 Å². The summed E-state index contributed by atoms with van der Waals surface area (Å²) in [6.07, 6.45) is 5.01. The number of nitrogens with two attached hydrogens (primary N) is 1. The molecule has 0 saturated carbocycles. The maximum Gasteiger partial charge on any atom is 0.191 e. The molecule has 2 aromatic rings. The Hall–Kier alpha value is -2.04. The Morgan fingerprint density at radius 2 is 2.05 bits per heavy atom. The van der Waals surface area contributed by atoms with Crippen molar-refractivity contribution in [2.24, 2.45) is 10.7 Å². The number of hydrogen-bond donors (Lipinski definition) is 2. The van der Waals surface area contributed by atoms with Crippen LogP contribution in [0.3, 0.4) is 0 Å². The Morgan fingerprint density at radius 3 is 2.76 bits per heavy atom. The summed E-state index contributed by atoms with van der Waals surface area (Å²) in [5.41, 5.74) is 9.39. The van der Waals surface area contributed by atoms with E-state index in [1.54, 1.807) is 0 Å². The molecule has 0 amide bonds. The Morgan fingerprint density at radius 1 is 1.29 bits per heavy atom. The normalized spacial score (nSPS) is 17.2. The van der Waals surface area contributed by atoms with Gasteiger partial charge in [0.05, 0.1) is 11.0 Å². The summed E-state index contributed by atoms with van der Waals surface area (Å²) in [6, 6.07) is 6.15. The van der Waals surface area contributed by atoms with E-state index in [-0.39, 0.29) is 0 Å². The number of likely N-dealkylation sites (tertiary alicyclic amines) is 1. The van der Waals surface area contributed by atoms with E-state index in [2.05, 4.69) is 32.9 Å². The molecule has 3 N–H and O–H groups in total. The third kappa shape index (κ3) is 3.17. The van der Waals surface area contributed by atoms with Crippen molar-refractivity contribution in [1.82, 2.24) is 14.9 Å². The molecule has 21 heavy (non-hydrogen) atoms. The SMILES string of the molecule is Cc1cccc2[nH]c(CN=C(N)N3CCCCCC3)nc12. The second kappa shape index (κ2) is 6.16. The third-order valence-corrected chi connectivity index (χ3v) is 4.08. The van der Waals surface area contributed by atoms with Gasteiger partial charge in [0.2, 0.25) is 0 Å². The van der Waals surface area contributed by atoms with Crippen LogP contribution in [-0.2, 0) is 6.54 Å². The number of aliphatic imine (C=N–C) groups is 1. The number of guanidine groups is 1. The number of benzene rings is 1. The number of hydrogen-bond acceptors (Lipinski definition) is 2. The molecular formula is C16H23N5. The van der Waals surface area contributed by atoms with Gasteiger partial charge in [-0.2, -0.15) is 0 Å². The number of aryl methyl sites for hydroxylation is 1.